The molecule has 1 aromatic carbocycles. The van der Waals surface area contributed by atoms with Crippen LogP contribution in [0.25, 0.3) is 0 Å². The monoisotopic (exact) mass is 301 g/mol. The third-order valence-electron chi connectivity index (χ3n) is 1.98. The van der Waals surface area contributed by atoms with Crippen molar-refractivity contribution in [1.82, 2.24) is 0 Å². The van der Waals surface area contributed by atoms with Crippen LogP contribution < -0.4 is 15.2 Å². The van der Waals surface area contributed by atoms with Crippen molar-refractivity contribution in [3.05, 3.63) is 22.2 Å². The molecule has 2 N–H and O–H groups in total. The molecule has 0 aromatic heterocycles. The fourth-order valence-electron chi connectivity index (χ4n) is 1.20. The van der Waals surface area contributed by atoms with Gasteiger partial charge in [0.1, 0.15) is 6.29 Å². The molecule has 0 aliphatic heterocycles. The van der Waals surface area contributed by atoms with Crippen molar-refractivity contribution >= 4 is 28.1 Å². The molecule has 5 nitrogen and oxygen atoms in total. The van der Waals surface area contributed by atoms with Crippen LogP contribution in [0.1, 0.15) is 16.8 Å². The summed E-state index contributed by atoms with van der Waals surface area (Å²) in [4.78, 5) is 21.2. The number of aldehydes is 1. The molecule has 1 rings (SSSR count). The summed E-state index contributed by atoms with van der Waals surface area (Å²) in [6.07, 6.45) is 0.825. The maximum absolute atomic E-state index is 10.7. The molecule has 0 saturated carbocycles. The van der Waals surface area contributed by atoms with Crippen molar-refractivity contribution in [3.8, 4) is 11.5 Å². The van der Waals surface area contributed by atoms with Gasteiger partial charge in [0.15, 0.2) is 11.5 Å². The van der Waals surface area contributed by atoms with E-state index in [-0.39, 0.29) is 13.0 Å². The molecule has 1 aromatic rings. The van der Waals surface area contributed by atoms with Gasteiger partial charge in [0.25, 0.3) is 0 Å². The van der Waals surface area contributed by atoms with E-state index in [0.717, 1.165) is 0 Å². The van der Waals surface area contributed by atoms with Gasteiger partial charge < -0.3 is 15.2 Å². The van der Waals surface area contributed by atoms with Gasteiger partial charge in [-0.05, 0) is 28.1 Å². The highest BCUT2D eigenvalue weighted by Crippen LogP contribution is 2.36. The zero-order valence-corrected chi connectivity index (χ0v) is 10.8. The molecule has 1 amide bonds. The van der Waals surface area contributed by atoms with Crippen molar-refractivity contribution in [2.45, 2.75) is 6.42 Å². The molecule has 0 radical (unpaired) electrons. The molecule has 0 fully saturated rings. The van der Waals surface area contributed by atoms with Crippen molar-refractivity contribution in [3.63, 3.8) is 0 Å². The third kappa shape index (κ3) is 3.74. The Balaban J connectivity index is 2.89. The van der Waals surface area contributed by atoms with Crippen LogP contribution in [0.5, 0.6) is 11.5 Å². The molecular formula is C11H12BrNO4. The number of rotatable bonds is 6. The van der Waals surface area contributed by atoms with E-state index in [2.05, 4.69) is 15.9 Å². The maximum atomic E-state index is 10.7. The zero-order valence-electron chi connectivity index (χ0n) is 9.23. The summed E-state index contributed by atoms with van der Waals surface area (Å²) in [5.41, 5.74) is 5.47. The Morgan fingerprint density at radius 3 is 2.76 bits per heavy atom. The minimum Gasteiger partial charge on any atom is -0.493 e. The van der Waals surface area contributed by atoms with Gasteiger partial charge in [0.05, 0.1) is 24.6 Å². The molecule has 6 heteroatoms. The Morgan fingerprint density at radius 2 is 2.24 bits per heavy atom. The normalized spacial score (nSPS) is 9.76. The van der Waals surface area contributed by atoms with Crippen molar-refractivity contribution in [2.75, 3.05) is 13.7 Å². The number of nitrogens with two attached hydrogens (primary N) is 1. The Labute approximate surface area is 107 Å². The molecule has 0 saturated heterocycles. The van der Waals surface area contributed by atoms with Crippen LogP contribution in [0.3, 0.4) is 0 Å². The molecule has 0 bridgehead atoms. The van der Waals surface area contributed by atoms with Crippen molar-refractivity contribution in [2.24, 2.45) is 5.73 Å². The van der Waals surface area contributed by atoms with E-state index >= 15 is 0 Å². The van der Waals surface area contributed by atoms with E-state index < -0.39 is 5.91 Å². The first kappa shape index (κ1) is 13.5. The predicted octanol–water partition coefficient (Wildman–Crippen LogP) is 1.52. The molecule has 92 valence electrons. The quantitative estimate of drug-likeness (QED) is 0.808. The molecule has 17 heavy (non-hydrogen) atoms. The van der Waals surface area contributed by atoms with Gasteiger partial charge in [-0.1, -0.05) is 0 Å². The van der Waals surface area contributed by atoms with Gasteiger partial charge >= 0.3 is 0 Å². The summed E-state index contributed by atoms with van der Waals surface area (Å²) < 4.78 is 11.1. The molecule has 0 heterocycles. The van der Waals surface area contributed by atoms with Gasteiger partial charge in [-0.3, -0.25) is 9.59 Å². The topological polar surface area (TPSA) is 78.6 Å². The molecule has 0 aliphatic rings. The van der Waals surface area contributed by atoms with Gasteiger partial charge in [-0.25, -0.2) is 0 Å². The lowest BCUT2D eigenvalue weighted by Gasteiger charge is -2.12. The Hall–Kier alpha value is -1.56. The number of hydrogen-bond donors (Lipinski definition) is 1. The van der Waals surface area contributed by atoms with Crippen LogP contribution in [0.2, 0.25) is 0 Å². The first-order valence-electron chi connectivity index (χ1n) is 4.82. The number of ether oxygens (including phenoxy) is 2. The lowest BCUT2D eigenvalue weighted by atomic mass is 10.2. The van der Waals surface area contributed by atoms with Crippen LogP contribution in [-0.2, 0) is 4.79 Å². The summed E-state index contributed by atoms with van der Waals surface area (Å²) in [7, 11) is 1.47. The zero-order chi connectivity index (χ0) is 12.8. The highest BCUT2D eigenvalue weighted by molar-refractivity contribution is 9.10. The van der Waals surface area contributed by atoms with Gasteiger partial charge in [0, 0.05) is 5.56 Å². The Kier molecular flexibility index (Phi) is 4.96. The van der Waals surface area contributed by atoms with E-state index in [0.29, 0.717) is 27.8 Å². The molecule has 0 unspecified atom stereocenters. The highest BCUT2D eigenvalue weighted by Gasteiger charge is 2.11. The maximum Gasteiger partial charge on any atom is 0.220 e. The fourth-order valence-corrected chi connectivity index (χ4v) is 1.78. The Morgan fingerprint density at radius 1 is 1.53 bits per heavy atom. The molecule has 0 aliphatic carbocycles. The summed E-state index contributed by atoms with van der Waals surface area (Å²) in [6, 6.07) is 3.16. The summed E-state index contributed by atoms with van der Waals surface area (Å²) >= 11 is 3.27. The first-order valence-corrected chi connectivity index (χ1v) is 5.61. The minimum atomic E-state index is -0.440. The number of amides is 1. The summed E-state index contributed by atoms with van der Waals surface area (Å²) in [5, 5.41) is 0. The average Bonchev–Trinajstić information content (AvgIpc) is 2.30. The number of carbonyl (C=O) groups is 2. The van der Waals surface area contributed by atoms with Crippen LogP contribution in [0.4, 0.5) is 0 Å². The van der Waals surface area contributed by atoms with Crippen LogP contribution in [0, 0.1) is 0 Å². The van der Waals surface area contributed by atoms with Gasteiger partial charge in [0.2, 0.25) is 5.91 Å². The van der Waals surface area contributed by atoms with Crippen LogP contribution >= 0.6 is 15.9 Å². The van der Waals surface area contributed by atoms with E-state index in [1.165, 1.54) is 7.11 Å². The second-order valence-electron chi connectivity index (χ2n) is 3.22. The van der Waals surface area contributed by atoms with E-state index in [4.69, 9.17) is 15.2 Å². The van der Waals surface area contributed by atoms with Crippen LogP contribution in [0.15, 0.2) is 16.6 Å². The number of benzene rings is 1. The second-order valence-corrected chi connectivity index (χ2v) is 4.07. The van der Waals surface area contributed by atoms with E-state index in [1.54, 1.807) is 12.1 Å². The van der Waals surface area contributed by atoms with Gasteiger partial charge in [-0.15, -0.1) is 0 Å². The SMILES string of the molecule is COc1cc(C=O)cc(Br)c1OCCC(N)=O. The van der Waals surface area contributed by atoms with Gasteiger partial charge in [-0.2, -0.15) is 0 Å². The largest absolute Gasteiger partial charge is 0.493 e. The number of primary amides is 1. The summed E-state index contributed by atoms with van der Waals surface area (Å²) in [5.74, 6) is 0.426. The number of hydrogen-bond acceptors (Lipinski definition) is 4. The standard InChI is InChI=1S/C11H12BrNO4/c1-16-9-5-7(6-14)4-8(12)11(9)17-3-2-10(13)15/h4-6H,2-3H2,1H3,(H2,13,15). The van der Waals surface area contributed by atoms with Crippen molar-refractivity contribution in [1.29, 1.82) is 0 Å². The molecular weight excluding hydrogens is 290 g/mol. The number of carbonyl (C=O) groups excluding carboxylic acids is 2. The first-order chi connectivity index (χ1) is 8.08. The lowest BCUT2D eigenvalue weighted by Crippen LogP contribution is -2.15. The second kappa shape index (κ2) is 6.24. The molecule has 0 spiro atoms. The van der Waals surface area contributed by atoms with E-state index in [9.17, 15) is 9.59 Å². The van der Waals surface area contributed by atoms with Crippen molar-refractivity contribution < 1.29 is 19.1 Å². The number of halogens is 1. The lowest BCUT2D eigenvalue weighted by molar-refractivity contribution is -0.118. The van der Waals surface area contributed by atoms with Crippen LogP contribution in [-0.4, -0.2) is 25.9 Å². The molecule has 0 atom stereocenters. The average molecular weight is 302 g/mol. The third-order valence-corrected chi connectivity index (χ3v) is 2.57. The smallest absolute Gasteiger partial charge is 0.220 e. The summed E-state index contributed by atoms with van der Waals surface area (Å²) in [6.45, 7) is 0.157. The predicted molar refractivity (Wildman–Crippen MR) is 65.4 cm³/mol. The number of methoxy groups -OCH3 is 1. The fraction of sp³-hybridized carbons (Fsp3) is 0.273. The van der Waals surface area contributed by atoms with E-state index in [1.807, 2.05) is 0 Å². The Bertz CT molecular complexity index is 434. The minimum absolute atomic E-state index is 0.116. The highest BCUT2D eigenvalue weighted by atomic mass is 79.9.